The molecule has 18 heavy (non-hydrogen) atoms. The van der Waals surface area contributed by atoms with E-state index in [2.05, 4.69) is 20.8 Å². The normalized spacial score (nSPS) is 19.9. The number of carbonyl (C=O) groups is 1. The molecule has 0 unspecified atom stereocenters. The Morgan fingerprint density at radius 1 is 1.39 bits per heavy atom. The summed E-state index contributed by atoms with van der Waals surface area (Å²) in [4.78, 5) is 12.0. The molecule has 0 spiro atoms. The van der Waals surface area contributed by atoms with Crippen LogP contribution < -0.4 is 10.6 Å². The summed E-state index contributed by atoms with van der Waals surface area (Å²) in [6, 6.07) is 5.70. The van der Waals surface area contributed by atoms with Gasteiger partial charge in [-0.1, -0.05) is 6.42 Å². The Bertz CT molecular complexity index is 557. The summed E-state index contributed by atoms with van der Waals surface area (Å²) >= 11 is 0. The number of hydrogen-bond donors (Lipinski definition) is 3. The molecule has 1 aromatic carbocycles. The zero-order chi connectivity index (χ0) is 12.4. The lowest BCUT2D eigenvalue weighted by molar-refractivity contribution is -0.118. The molecule has 2 heterocycles. The molecule has 1 atom stereocenters. The number of anilines is 1. The maximum Gasteiger partial charge on any atom is 0.241 e. The molecule has 0 aliphatic carbocycles. The van der Waals surface area contributed by atoms with Crippen molar-refractivity contribution in [2.45, 2.75) is 25.3 Å². The van der Waals surface area contributed by atoms with Gasteiger partial charge >= 0.3 is 0 Å². The van der Waals surface area contributed by atoms with Crippen LogP contribution in [-0.2, 0) is 4.79 Å². The molecule has 5 nitrogen and oxygen atoms in total. The second kappa shape index (κ2) is 4.78. The van der Waals surface area contributed by atoms with Gasteiger partial charge in [-0.15, -0.1) is 0 Å². The van der Waals surface area contributed by atoms with Gasteiger partial charge in [0.1, 0.15) is 0 Å². The summed E-state index contributed by atoms with van der Waals surface area (Å²) in [6.07, 6.45) is 4.95. The molecule has 1 aliphatic heterocycles. The van der Waals surface area contributed by atoms with Crippen LogP contribution in [0.25, 0.3) is 10.9 Å². The lowest BCUT2D eigenvalue weighted by Gasteiger charge is -2.22. The maximum atomic E-state index is 12.0. The van der Waals surface area contributed by atoms with Crippen molar-refractivity contribution >= 4 is 22.5 Å². The minimum absolute atomic E-state index is 0.0496. The fourth-order valence-electron chi connectivity index (χ4n) is 2.32. The zero-order valence-electron chi connectivity index (χ0n) is 10.1. The molecule has 1 aliphatic rings. The number of benzene rings is 1. The second-order valence-corrected chi connectivity index (χ2v) is 4.66. The van der Waals surface area contributed by atoms with Crippen LogP contribution in [0.2, 0.25) is 0 Å². The number of nitrogens with one attached hydrogen (secondary N) is 3. The minimum atomic E-state index is -0.0591. The van der Waals surface area contributed by atoms with Crippen molar-refractivity contribution in [3.05, 3.63) is 24.4 Å². The molecule has 1 aromatic heterocycles. The van der Waals surface area contributed by atoms with E-state index in [4.69, 9.17) is 0 Å². The highest BCUT2D eigenvalue weighted by atomic mass is 16.2. The van der Waals surface area contributed by atoms with Gasteiger partial charge in [0.2, 0.25) is 5.91 Å². The van der Waals surface area contributed by atoms with E-state index in [0.717, 1.165) is 42.4 Å². The van der Waals surface area contributed by atoms with Gasteiger partial charge in [-0.05, 0) is 37.6 Å². The van der Waals surface area contributed by atoms with Crippen molar-refractivity contribution < 1.29 is 4.79 Å². The molecular weight excluding hydrogens is 228 g/mol. The Hall–Kier alpha value is -1.88. The monoisotopic (exact) mass is 244 g/mol. The van der Waals surface area contributed by atoms with Crippen molar-refractivity contribution in [3.63, 3.8) is 0 Å². The van der Waals surface area contributed by atoms with Crippen molar-refractivity contribution in [3.8, 4) is 0 Å². The molecule has 3 N–H and O–H groups in total. The van der Waals surface area contributed by atoms with Crippen LogP contribution in [0.3, 0.4) is 0 Å². The number of amides is 1. The van der Waals surface area contributed by atoms with Crippen LogP contribution in [0, 0.1) is 0 Å². The number of aromatic nitrogens is 2. The first kappa shape index (κ1) is 11.2. The first-order valence-corrected chi connectivity index (χ1v) is 6.30. The SMILES string of the molecule is O=C(Nc1ccc2cn[nH]c2c1)[C@@H]1CCCCN1. The van der Waals surface area contributed by atoms with Gasteiger partial charge in [0, 0.05) is 11.1 Å². The summed E-state index contributed by atoms with van der Waals surface area (Å²) < 4.78 is 0. The molecular formula is C13H16N4O. The molecule has 94 valence electrons. The second-order valence-electron chi connectivity index (χ2n) is 4.66. The molecule has 0 radical (unpaired) electrons. The van der Waals surface area contributed by atoms with Gasteiger partial charge in [-0.2, -0.15) is 5.10 Å². The Morgan fingerprint density at radius 3 is 3.17 bits per heavy atom. The van der Waals surface area contributed by atoms with E-state index < -0.39 is 0 Å². The lowest BCUT2D eigenvalue weighted by Crippen LogP contribution is -2.43. The predicted octanol–water partition coefficient (Wildman–Crippen LogP) is 1.64. The Balaban J connectivity index is 1.72. The molecule has 1 fully saturated rings. The first-order chi connectivity index (χ1) is 8.83. The van der Waals surface area contributed by atoms with E-state index in [1.165, 1.54) is 0 Å². The molecule has 1 saturated heterocycles. The number of aromatic amines is 1. The minimum Gasteiger partial charge on any atom is -0.325 e. The smallest absolute Gasteiger partial charge is 0.241 e. The Kier molecular flexibility index (Phi) is 2.98. The van der Waals surface area contributed by atoms with Gasteiger partial charge in [0.15, 0.2) is 0 Å². The molecule has 2 aromatic rings. The molecule has 5 heteroatoms. The van der Waals surface area contributed by atoms with E-state index in [9.17, 15) is 4.79 Å². The number of hydrogen-bond acceptors (Lipinski definition) is 3. The Morgan fingerprint density at radius 2 is 2.33 bits per heavy atom. The number of fused-ring (bicyclic) bond motifs is 1. The molecule has 0 bridgehead atoms. The van der Waals surface area contributed by atoms with Gasteiger partial charge in [-0.25, -0.2) is 0 Å². The van der Waals surface area contributed by atoms with Crippen LogP contribution in [0.4, 0.5) is 5.69 Å². The van der Waals surface area contributed by atoms with Gasteiger partial charge in [0.05, 0.1) is 17.8 Å². The summed E-state index contributed by atoms with van der Waals surface area (Å²) in [5.41, 5.74) is 1.74. The third-order valence-electron chi connectivity index (χ3n) is 3.34. The quantitative estimate of drug-likeness (QED) is 0.752. The zero-order valence-corrected chi connectivity index (χ0v) is 10.1. The summed E-state index contributed by atoms with van der Waals surface area (Å²) in [5, 5.41) is 14.1. The highest BCUT2D eigenvalue weighted by Gasteiger charge is 2.20. The standard InChI is InChI=1S/C13H16N4O/c18-13(11-3-1-2-6-14-11)16-10-5-4-9-8-15-17-12(9)7-10/h4-5,7-8,11,14H,1-3,6H2,(H,15,17)(H,16,18)/t11-/m0/s1. The van der Waals surface area contributed by atoms with Crippen LogP contribution in [0.5, 0.6) is 0 Å². The van der Waals surface area contributed by atoms with Crippen LogP contribution in [-0.4, -0.2) is 28.7 Å². The van der Waals surface area contributed by atoms with E-state index in [-0.39, 0.29) is 11.9 Å². The molecule has 3 rings (SSSR count). The van der Waals surface area contributed by atoms with E-state index in [1.54, 1.807) is 6.20 Å². The third kappa shape index (κ3) is 2.22. The van der Waals surface area contributed by atoms with E-state index >= 15 is 0 Å². The summed E-state index contributed by atoms with van der Waals surface area (Å²) in [7, 11) is 0. The highest BCUT2D eigenvalue weighted by Crippen LogP contribution is 2.17. The predicted molar refractivity (Wildman–Crippen MR) is 70.4 cm³/mol. The number of nitrogens with zero attached hydrogens (tertiary/aromatic N) is 1. The topological polar surface area (TPSA) is 69.8 Å². The highest BCUT2D eigenvalue weighted by molar-refractivity contribution is 5.96. The van der Waals surface area contributed by atoms with Crippen LogP contribution in [0.1, 0.15) is 19.3 Å². The van der Waals surface area contributed by atoms with Gasteiger partial charge in [-0.3, -0.25) is 9.89 Å². The number of rotatable bonds is 2. The van der Waals surface area contributed by atoms with Crippen molar-refractivity contribution in [1.29, 1.82) is 0 Å². The third-order valence-corrected chi connectivity index (χ3v) is 3.34. The number of piperidine rings is 1. The van der Waals surface area contributed by atoms with Crippen molar-refractivity contribution in [2.75, 3.05) is 11.9 Å². The average molecular weight is 244 g/mol. The lowest BCUT2D eigenvalue weighted by atomic mass is 10.0. The average Bonchev–Trinajstić information content (AvgIpc) is 2.87. The van der Waals surface area contributed by atoms with Gasteiger partial charge < -0.3 is 10.6 Å². The fraction of sp³-hybridized carbons (Fsp3) is 0.385. The van der Waals surface area contributed by atoms with Gasteiger partial charge in [0.25, 0.3) is 0 Å². The number of H-pyrrole nitrogens is 1. The van der Waals surface area contributed by atoms with Crippen molar-refractivity contribution in [2.24, 2.45) is 0 Å². The van der Waals surface area contributed by atoms with E-state index in [1.807, 2.05) is 18.2 Å². The van der Waals surface area contributed by atoms with Crippen LogP contribution in [0.15, 0.2) is 24.4 Å². The number of carbonyl (C=O) groups excluding carboxylic acids is 1. The maximum absolute atomic E-state index is 12.0. The summed E-state index contributed by atoms with van der Waals surface area (Å²) in [6.45, 7) is 0.928. The molecule has 1 amide bonds. The Labute approximate surface area is 105 Å². The van der Waals surface area contributed by atoms with Crippen molar-refractivity contribution in [1.82, 2.24) is 15.5 Å². The largest absolute Gasteiger partial charge is 0.325 e. The van der Waals surface area contributed by atoms with Crippen LogP contribution >= 0.6 is 0 Å². The molecule has 0 saturated carbocycles. The fourth-order valence-corrected chi connectivity index (χ4v) is 2.32. The first-order valence-electron chi connectivity index (χ1n) is 6.30. The summed E-state index contributed by atoms with van der Waals surface area (Å²) in [5.74, 6) is 0.0496. The van der Waals surface area contributed by atoms with E-state index in [0.29, 0.717) is 0 Å².